The summed E-state index contributed by atoms with van der Waals surface area (Å²) in [7, 11) is 1.85. The Morgan fingerprint density at radius 2 is 2.06 bits per heavy atom. The first-order valence-corrected chi connectivity index (χ1v) is 5.78. The number of nitriles is 1. The summed E-state index contributed by atoms with van der Waals surface area (Å²) < 4.78 is 0. The Morgan fingerprint density at radius 3 is 2.59 bits per heavy atom. The Balaban J connectivity index is 3.10. The molecule has 0 aliphatic carbocycles. The zero-order valence-electron chi connectivity index (χ0n) is 10.9. The van der Waals surface area contributed by atoms with Crippen LogP contribution >= 0.6 is 0 Å². The van der Waals surface area contributed by atoms with Crippen LogP contribution in [0.2, 0.25) is 0 Å². The van der Waals surface area contributed by atoms with Gasteiger partial charge in [0.15, 0.2) is 0 Å². The number of hydrogen-bond donors (Lipinski definition) is 1. The van der Waals surface area contributed by atoms with E-state index in [2.05, 4.69) is 33.2 Å². The molecule has 0 amide bonds. The van der Waals surface area contributed by atoms with Crippen molar-refractivity contribution in [3.63, 3.8) is 0 Å². The third-order valence-corrected chi connectivity index (χ3v) is 2.64. The summed E-state index contributed by atoms with van der Waals surface area (Å²) in [5.74, 6) is 2.51. The molecule has 1 N–H and O–H groups in total. The Kier molecular flexibility index (Phi) is 4.70. The van der Waals surface area contributed by atoms with Gasteiger partial charge < -0.3 is 10.2 Å². The number of aryl methyl sites for hydroxylation is 1. The van der Waals surface area contributed by atoms with E-state index in [9.17, 15) is 0 Å². The van der Waals surface area contributed by atoms with Crippen molar-refractivity contribution in [3.05, 3.63) is 11.4 Å². The van der Waals surface area contributed by atoms with E-state index in [0.717, 1.165) is 29.6 Å². The molecule has 1 rings (SSSR count). The summed E-state index contributed by atoms with van der Waals surface area (Å²) in [6, 6.07) is 2.16. The maximum atomic E-state index is 8.66. The lowest BCUT2D eigenvalue weighted by Crippen LogP contribution is -2.26. The summed E-state index contributed by atoms with van der Waals surface area (Å²) in [6.07, 6.45) is 0.505. The van der Waals surface area contributed by atoms with Crippen molar-refractivity contribution >= 4 is 11.6 Å². The van der Waals surface area contributed by atoms with Gasteiger partial charge in [0.1, 0.15) is 17.5 Å². The smallest absolute Gasteiger partial charge is 0.137 e. The van der Waals surface area contributed by atoms with Gasteiger partial charge in [-0.15, -0.1) is 0 Å². The van der Waals surface area contributed by atoms with E-state index in [-0.39, 0.29) is 0 Å². The molecule has 1 heterocycles. The average Bonchev–Trinajstić information content (AvgIpc) is 2.33. The molecule has 5 heteroatoms. The van der Waals surface area contributed by atoms with Crippen LogP contribution in [-0.4, -0.2) is 30.1 Å². The van der Waals surface area contributed by atoms with Crippen LogP contribution in [0, 0.1) is 25.2 Å². The third-order valence-electron chi connectivity index (χ3n) is 2.64. The zero-order chi connectivity index (χ0) is 12.8. The van der Waals surface area contributed by atoms with E-state index in [1.165, 1.54) is 0 Å². The normalized spacial score (nSPS) is 9.82. The Hall–Kier alpha value is -1.83. The van der Waals surface area contributed by atoms with Crippen LogP contribution in [0.3, 0.4) is 0 Å². The highest BCUT2D eigenvalue weighted by Crippen LogP contribution is 2.23. The largest absolute Gasteiger partial charge is 0.373 e. The first-order valence-electron chi connectivity index (χ1n) is 5.78. The topological polar surface area (TPSA) is 64.8 Å². The van der Waals surface area contributed by atoms with Crippen LogP contribution in [0.15, 0.2) is 0 Å². The van der Waals surface area contributed by atoms with E-state index in [1.54, 1.807) is 0 Å². The van der Waals surface area contributed by atoms with Gasteiger partial charge in [-0.1, -0.05) is 0 Å². The molecule has 0 aromatic carbocycles. The molecule has 0 radical (unpaired) electrons. The van der Waals surface area contributed by atoms with Crippen LogP contribution in [0.25, 0.3) is 0 Å². The van der Waals surface area contributed by atoms with Gasteiger partial charge in [-0.25, -0.2) is 9.97 Å². The van der Waals surface area contributed by atoms with Gasteiger partial charge >= 0.3 is 0 Å². The molecule has 1 aromatic rings. The third kappa shape index (κ3) is 3.06. The lowest BCUT2D eigenvalue weighted by molar-refractivity contribution is 0.797. The van der Waals surface area contributed by atoms with Crippen molar-refractivity contribution in [2.45, 2.75) is 27.2 Å². The SMILES string of the molecule is CCN(CCC#N)c1nc(C)nc(NC)c1C. The molecule has 0 unspecified atom stereocenters. The maximum absolute atomic E-state index is 8.66. The summed E-state index contributed by atoms with van der Waals surface area (Å²) in [6.45, 7) is 7.47. The second-order valence-electron chi connectivity index (χ2n) is 3.81. The second-order valence-corrected chi connectivity index (χ2v) is 3.81. The Bertz CT molecular complexity index is 422. The highest BCUT2D eigenvalue weighted by Gasteiger charge is 2.13. The van der Waals surface area contributed by atoms with Gasteiger partial charge in [0, 0.05) is 25.7 Å². The molecule has 5 nitrogen and oxygen atoms in total. The van der Waals surface area contributed by atoms with Crippen LogP contribution < -0.4 is 10.2 Å². The Labute approximate surface area is 102 Å². The molecule has 92 valence electrons. The van der Waals surface area contributed by atoms with Crippen molar-refractivity contribution < 1.29 is 0 Å². The molecule has 0 bridgehead atoms. The first-order chi connectivity index (χ1) is 8.13. The van der Waals surface area contributed by atoms with Crippen LogP contribution in [0.4, 0.5) is 11.6 Å². The monoisotopic (exact) mass is 233 g/mol. The van der Waals surface area contributed by atoms with Gasteiger partial charge in [-0.05, 0) is 20.8 Å². The number of nitrogens with one attached hydrogen (secondary N) is 1. The van der Waals surface area contributed by atoms with Crippen molar-refractivity contribution in [2.24, 2.45) is 0 Å². The summed E-state index contributed by atoms with van der Waals surface area (Å²) in [4.78, 5) is 10.9. The van der Waals surface area contributed by atoms with E-state index < -0.39 is 0 Å². The van der Waals surface area contributed by atoms with Crippen molar-refractivity contribution in [3.8, 4) is 6.07 Å². The molecule has 0 aliphatic rings. The standard InChI is InChI=1S/C12H19N5/c1-5-17(8-6-7-13)12-9(2)11(14-4)15-10(3)16-12/h5-6,8H2,1-4H3,(H,14,15,16). The number of rotatable bonds is 5. The molecule has 0 fully saturated rings. The molecule has 0 atom stereocenters. The molecular formula is C12H19N5. The van der Waals surface area contributed by atoms with Crippen LogP contribution in [-0.2, 0) is 0 Å². The lowest BCUT2D eigenvalue weighted by atomic mass is 10.2. The van der Waals surface area contributed by atoms with E-state index >= 15 is 0 Å². The molecule has 17 heavy (non-hydrogen) atoms. The average molecular weight is 233 g/mol. The minimum atomic E-state index is 0.505. The fourth-order valence-electron chi connectivity index (χ4n) is 1.76. The van der Waals surface area contributed by atoms with Gasteiger partial charge in [0.2, 0.25) is 0 Å². The molecule has 0 saturated carbocycles. The van der Waals surface area contributed by atoms with Crippen molar-refractivity contribution in [2.75, 3.05) is 30.4 Å². The first kappa shape index (κ1) is 13.2. The highest BCUT2D eigenvalue weighted by atomic mass is 15.2. The predicted molar refractivity (Wildman–Crippen MR) is 69.2 cm³/mol. The fraction of sp³-hybridized carbons (Fsp3) is 0.583. The minimum absolute atomic E-state index is 0.505. The molecule has 1 aromatic heterocycles. The molecule has 0 saturated heterocycles. The van der Waals surface area contributed by atoms with Crippen LogP contribution in [0.1, 0.15) is 24.7 Å². The number of anilines is 2. The van der Waals surface area contributed by atoms with E-state index in [0.29, 0.717) is 13.0 Å². The summed E-state index contributed by atoms with van der Waals surface area (Å²) in [5, 5.41) is 11.7. The predicted octanol–water partition coefficient (Wildman–Crippen LogP) is 1.88. The second kappa shape index (κ2) is 6.04. The lowest BCUT2D eigenvalue weighted by Gasteiger charge is -2.23. The summed E-state index contributed by atoms with van der Waals surface area (Å²) >= 11 is 0. The zero-order valence-corrected chi connectivity index (χ0v) is 10.9. The minimum Gasteiger partial charge on any atom is -0.373 e. The van der Waals surface area contributed by atoms with Crippen molar-refractivity contribution in [1.29, 1.82) is 5.26 Å². The van der Waals surface area contributed by atoms with Gasteiger partial charge in [0.25, 0.3) is 0 Å². The molecule has 0 aliphatic heterocycles. The van der Waals surface area contributed by atoms with Gasteiger partial charge in [0.05, 0.1) is 12.5 Å². The Morgan fingerprint density at radius 1 is 1.35 bits per heavy atom. The van der Waals surface area contributed by atoms with Crippen LogP contribution in [0.5, 0.6) is 0 Å². The van der Waals surface area contributed by atoms with Gasteiger partial charge in [-0.2, -0.15) is 5.26 Å². The van der Waals surface area contributed by atoms with E-state index in [4.69, 9.17) is 5.26 Å². The maximum Gasteiger partial charge on any atom is 0.137 e. The number of nitrogens with zero attached hydrogens (tertiary/aromatic N) is 4. The molecular weight excluding hydrogens is 214 g/mol. The molecule has 0 spiro atoms. The highest BCUT2D eigenvalue weighted by molar-refractivity contribution is 5.58. The van der Waals surface area contributed by atoms with Crippen molar-refractivity contribution in [1.82, 2.24) is 9.97 Å². The fourth-order valence-corrected chi connectivity index (χ4v) is 1.76. The summed E-state index contributed by atoms with van der Waals surface area (Å²) in [5.41, 5.74) is 1.03. The quantitative estimate of drug-likeness (QED) is 0.841. The van der Waals surface area contributed by atoms with Gasteiger partial charge in [-0.3, -0.25) is 0 Å². The number of aromatic nitrogens is 2. The number of hydrogen-bond acceptors (Lipinski definition) is 5. The van der Waals surface area contributed by atoms with E-state index in [1.807, 2.05) is 20.9 Å².